The second-order valence-electron chi connectivity index (χ2n) is 6.45. The van der Waals surface area contributed by atoms with E-state index in [2.05, 4.69) is 10.0 Å². The van der Waals surface area contributed by atoms with Crippen LogP contribution >= 0.6 is 0 Å². The van der Waals surface area contributed by atoms with Crippen LogP contribution in [0, 0.1) is 0 Å². The quantitative estimate of drug-likeness (QED) is 0.428. The normalized spacial score (nSPS) is 11.1. The van der Waals surface area contributed by atoms with E-state index in [1.807, 2.05) is 30.3 Å². The molecule has 29 heavy (non-hydrogen) atoms. The number of ether oxygens (including phenoxy) is 1. The maximum atomic E-state index is 11.8. The third-order valence-electron chi connectivity index (χ3n) is 4.29. The zero-order valence-corrected chi connectivity index (χ0v) is 17.2. The first-order chi connectivity index (χ1) is 13.9. The Morgan fingerprint density at radius 3 is 2.24 bits per heavy atom. The minimum absolute atomic E-state index is 0.111. The summed E-state index contributed by atoms with van der Waals surface area (Å²) in [5.74, 6) is -0.801. The lowest BCUT2D eigenvalue weighted by Gasteiger charge is -2.07. The lowest BCUT2D eigenvalue weighted by molar-refractivity contribution is -0.148. The monoisotopic (exact) mass is 418 g/mol. The van der Waals surface area contributed by atoms with Crippen LogP contribution in [0.5, 0.6) is 0 Å². The Morgan fingerprint density at radius 1 is 0.931 bits per heavy atom. The predicted molar refractivity (Wildman–Crippen MR) is 110 cm³/mol. The standard InChI is InChI=1S/C21H26N2O5S/c1-22-29(26,27)19-12-9-18(10-13-19)11-14-21(25)28-16-20(24)23-15-5-8-17-6-3-2-4-7-17/h2-4,6-7,9-10,12-13,22H,5,8,11,14-16H2,1H3,(H,23,24). The molecule has 2 aromatic carbocycles. The van der Waals surface area contributed by atoms with Gasteiger partial charge in [-0.1, -0.05) is 42.5 Å². The fourth-order valence-electron chi connectivity index (χ4n) is 2.63. The SMILES string of the molecule is CNS(=O)(=O)c1ccc(CCC(=O)OCC(=O)NCCCc2ccccc2)cc1. The highest BCUT2D eigenvalue weighted by atomic mass is 32.2. The van der Waals surface area contributed by atoms with Crippen molar-refractivity contribution in [2.24, 2.45) is 0 Å². The molecule has 2 N–H and O–H groups in total. The Bertz CT molecular complexity index is 896. The number of hydrogen-bond donors (Lipinski definition) is 2. The Hall–Kier alpha value is -2.71. The Labute approximate surface area is 171 Å². The van der Waals surface area contributed by atoms with E-state index in [0.717, 1.165) is 18.4 Å². The molecule has 0 aliphatic heterocycles. The third-order valence-corrected chi connectivity index (χ3v) is 5.72. The molecule has 156 valence electrons. The molecule has 0 saturated heterocycles. The zero-order valence-electron chi connectivity index (χ0n) is 16.4. The first-order valence-electron chi connectivity index (χ1n) is 9.39. The molecule has 0 spiro atoms. The number of nitrogens with one attached hydrogen (secondary N) is 2. The van der Waals surface area contributed by atoms with E-state index in [1.165, 1.54) is 24.7 Å². The van der Waals surface area contributed by atoms with Crippen LogP contribution < -0.4 is 10.0 Å². The molecule has 1 amide bonds. The number of sulfonamides is 1. The van der Waals surface area contributed by atoms with Gasteiger partial charge < -0.3 is 10.1 Å². The van der Waals surface area contributed by atoms with E-state index in [-0.39, 0.29) is 23.8 Å². The molecule has 0 aliphatic carbocycles. The molecule has 0 heterocycles. The van der Waals surface area contributed by atoms with Gasteiger partial charge in [0.05, 0.1) is 4.90 Å². The van der Waals surface area contributed by atoms with Crippen LogP contribution in [0.25, 0.3) is 0 Å². The van der Waals surface area contributed by atoms with Crippen molar-refractivity contribution in [2.45, 2.75) is 30.6 Å². The van der Waals surface area contributed by atoms with Crippen molar-refractivity contribution in [3.8, 4) is 0 Å². The summed E-state index contributed by atoms with van der Waals surface area (Å²) in [5.41, 5.74) is 2.02. The number of amides is 1. The fourth-order valence-corrected chi connectivity index (χ4v) is 3.36. The smallest absolute Gasteiger partial charge is 0.306 e. The average Bonchev–Trinajstić information content (AvgIpc) is 2.75. The van der Waals surface area contributed by atoms with E-state index < -0.39 is 16.0 Å². The summed E-state index contributed by atoms with van der Waals surface area (Å²) in [6, 6.07) is 16.3. The first-order valence-corrected chi connectivity index (χ1v) is 10.9. The van der Waals surface area contributed by atoms with Crippen LogP contribution in [0.2, 0.25) is 0 Å². The van der Waals surface area contributed by atoms with Crippen LogP contribution in [0.15, 0.2) is 59.5 Å². The molecule has 7 nitrogen and oxygen atoms in total. The molecule has 0 atom stereocenters. The second-order valence-corrected chi connectivity index (χ2v) is 8.34. The van der Waals surface area contributed by atoms with Gasteiger partial charge in [-0.05, 0) is 49.6 Å². The molecule has 0 fully saturated rings. The number of aryl methyl sites for hydroxylation is 2. The highest BCUT2D eigenvalue weighted by Crippen LogP contribution is 2.11. The molecule has 0 aromatic heterocycles. The molecule has 2 rings (SSSR count). The van der Waals surface area contributed by atoms with Gasteiger partial charge in [0, 0.05) is 13.0 Å². The minimum Gasteiger partial charge on any atom is -0.456 e. The van der Waals surface area contributed by atoms with Gasteiger partial charge in [0.15, 0.2) is 6.61 Å². The van der Waals surface area contributed by atoms with Gasteiger partial charge in [0.1, 0.15) is 0 Å². The number of benzene rings is 2. The molecular weight excluding hydrogens is 392 g/mol. The zero-order chi connectivity index (χ0) is 21.1. The van der Waals surface area contributed by atoms with Crippen molar-refractivity contribution in [1.82, 2.24) is 10.0 Å². The van der Waals surface area contributed by atoms with Crippen LogP contribution in [-0.4, -0.2) is 40.5 Å². The minimum atomic E-state index is -3.48. The third kappa shape index (κ3) is 8.05. The van der Waals surface area contributed by atoms with Gasteiger partial charge in [0.2, 0.25) is 10.0 Å². The lowest BCUT2D eigenvalue weighted by Crippen LogP contribution is -2.29. The summed E-state index contributed by atoms with van der Waals surface area (Å²) in [6.45, 7) is 0.219. The van der Waals surface area contributed by atoms with Crippen molar-refractivity contribution < 1.29 is 22.7 Å². The van der Waals surface area contributed by atoms with Crippen LogP contribution in [0.4, 0.5) is 0 Å². The van der Waals surface area contributed by atoms with Crippen molar-refractivity contribution in [3.63, 3.8) is 0 Å². The number of hydrogen-bond acceptors (Lipinski definition) is 5. The van der Waals surface area contributed by atoms with Crippen molar-refractivity contribution in [3.05, 3.63) is 65.7 Å². The molecule has 2 aromatic rings. The van der Waals surface area contributed by atoms with Gasteiger partial charge >= 0.3 is 5.97 Å². The van der Waals surface area contributed by atoms with E-state index in [1.54, 1.807) is 12.1 Å². The number of carbonyl (C=O) groups excluding carboxylic acids is 2. The number of esters is 1. The lowest BCUT2D eigenvalue weighted by atomic mass is 10.1. The Kier molecular flexibility index (Phi) is 8.82. The first kappa shape index (κ1) is 22.6. The fraction of sp³-hybridized carbons (Fsp3) is 0.333. The largest absolute Gasteiger partial charge is 0.456 e. The summed E-state index contributed by atoms with van der Waals surface area (Å²) in [7, 11) is -2.13. The second kappa shape index (κ2) is 11.3. The molecule has 0 radical (unpaired) electrons. The topological polar surface area (TPSA) is 102 Å². The van der Waals surface area contributed by atoms with Crippen LogP contribution in [0.3, 0.4) is 0 Å². The predicted octanol–water partition coefficient (Wildman–Crippen LogP) is 1.82. The maximum Gasteiger partial charge on any atom is 0.306 e. The van der Waals surface area contributed by atoms with Gasteiger partial charge in [-0.3, -0.25) is 9.59 Å². The summed E-state index contributed by atoms with van der Waals surface area (Å²) < 4.78 is 30.6. The van der Waals surface area contributed by atoms with Crippen LogP contribution in [-0.2, 0) is 37.2 Å². The maximum absolute atomic E-state index is 11.8. The molecular formula is C21H26N2O5S. The van der Waals surface area contributed by atoms with Crippen molar-refractivity contribution >= 4 is 21.9 Å². The summed E-state index contributed by atoms with van der Waals surface area (Å²) in [4.78, 5) is 23.7. The van der Waals surface area contributed by atoms with Crippen molar-refractivity contribution in [1.29, 1.82) is 0 Å². The van der Waals surface area contributed by atoms with E-state index in [4.69, 9.17) is 4.74 Å². The van der Waals surface area contributed by atoms with Gasteiger partial charge in [-0.25, -0.2) is 13.1 Å². The molecule has 0 saturated carbocycles. The van der Waals surface area contributed by atoms with E-state index >= 15 is 0 Å². The summed E-state index contributed by atoms with van der Waals surface area (Å²) in [5, 5.41) is 2.73. The Balaban J connectivity index is 1.62. The Morgan fingerprint density at radius 2 is 1.59 bits per heavy atom. The number of rotatable bonds is 11. The molecule has 8 heteroatoms. The highest BCUT2D eigenvalue weighted by Gasteiger charge is 2.11. The molecule has 0 unspecified atom stereocenters. The van der Waals surface area contributed by atoms with E-state index in [9.17, 15) is 18.0 Å². The average molecular weight is 419 g/mol. The summed E-state index contributed by atoms with van der Waals surface area (Å²) in [6.07, 6.45) is 2.19. The highest BCUT2D eigenvalue weighted by molar-refractivity contribution is 7.89. The molecule has 0 bridgehead atoms. The number of carbonyl (C=O) groups is 2. The van der Waals surface area contributed by atoms with Gasteiger partial charge in [-0.2, -0.15) is 0 Å². The van der Waals surface area contributed by atoms with Crippen molar-refractivity contribution in [2.75, 3.05) is 20.2 Å². The van der Waals surface area contributed by atoms with Gasteiger partial charge in [0.25, 0.3) is 5.91 Å². The molecule has 0 aliphatic rings. The van der Waals surface area contributed by atoms with Gasteiger partial charge in [-0.15, -0.1) is 0 Å². The summed E-state index contributed by atoms with van der Waals surface area (Å²) >= 11 is 0. The van der Waals surface area contributed by atoms with E-state index in [0.29, 0.717) is 13.0 Å². The van der Waals surface area contributed by atoms with Crippen LogP contribution in [0.1, 0.15) is 24.0 Å².